The third-order valence-corrected chi connectivity index (χ3v) is 2.96. The van der Waals surface area contributed by atoms with Crippen molar-refractivity contribution in [2.45, 2.75) is 39.8 Å². The number of amides is 1. The van der Waals surface area contributed by atoms with E-state index in [0.717, 1.165) is 12.1 Å². The Morgan fingerprint density at radius 3 is 2.71 bits per heavy atom. The third kappa shape index (κ3) is 2.85. The molecular formula is C12H21N3O2. The van der Waals surface area contributed by atoms with Gasteiger partial charge in [-0.25, -0.2) is 0 Å². The molecule has 1 amide bonds. The summed E-state index contributed by atoms with van der Waals surface area (Å²) in [5, 5.41) is 13.4. The van der Waals surface area contributed by atoms with E-state index in [4.69, 9.17) is 5.11 Å². The average molecular weight is 239 g/mol. The van der Waals surface area contributed by atoms with E-state index in [1.54, 1.807) is 16.6 Å². The zero-order valence-electron chi connectivity index (χ0n) is 11.0. The molecule has 0 spiro atoms. The predicted octanol–water partition coefficient (Wildman–Crippen LogP) is 0.918. The molecule has 0 aliphatic heterocycles. The van der Waals surface area contributed by atoms with Crippen molar-refractivity contribution in [2.75, 3.05) is 13.7 Å². The molecule has 1 N–H and O–H groups in total. The van der Waals surface area contributed by atoms with Crippen molar-refractivity contribution in [3.63, 3.8) is 0 Å². The Labute approximate surface area is 102 Å². The number of aliphatic hydroxyl groups is 1. The van der Waals surface area contributed by atoms with Gasteiger partial charge in [-0.3, -0.25) is 9.48 Å². The van der Waals surface area contributed by atoms with Crippen molar-refractivity contribution in [1.29, 1.82) is 0 Å². The monoisotopic (exact) mass is 239 g/mol. The minimum Gasteiger partial charge on any atom is -0.394 e. The number of aliphatic hydroxyl groups excluding tert-OH is 1. The Morgan fingerprint density at radius 2 is 2.24 bits per heavy atom. The van der Waals surface area contributed by atoms with Gasteiger partial charge in [0.15, 0.2) is 0 Å². The van der Waals surface area contributed by atoms with E-state index >= 15 is 0 Å². The minimum absolute atomic E-state index is 0.0386. The fourth-order valence-electron chi connectivity index (χ4n) is 1.56. The molecule has 1 unspecified atom stereocenters. The number of likely N-dealkylation sites (N-methyl/N-ethyl adjacent to an activating group) is 1. The minimum atomic E-state index is -0.187. The number of carbonyl (C=O) groups is 1. The van der Waals surface area contributed by atoms with E-state index in [0.29, 0.717) is 12.2 Å². The lowest BCUT2D eigenvalue weighted by atomic mass is 10.2. The van der Waals surface area contributed by atoms with Crippen LogP contribution in [0.25, 0.3) is 0 Å². The number of aromatic nitrogens is 2. The molecule has 1 heterocycles. The Bertz CT molecular complexity index is 387. The number of carbonyl (C=O) groups excluding carboxylic acids is 1. The summed E-state index contributed by atoms with van der Waals surface area (Å²) in [6.07, 6.45) is 0.812. The van der Waals surface area contributed by atoms with E-state index < -0.39 is 0 Å². The van der Waals surface area contributed by atoms with Gasteiger partial charge in [0.2, 0.25) is 0 Å². The highest BCUT2D eigenvalue weighted by molar-refractivity contribution is 5.92. The molecule has 0 aromatic carbocycles. The predicted molar refractivity (Wildman–Crippen MR) is 65.9 cm³/mol. The number of nitrogens with zero attached hydrogens (tertiary/aromatic N) is 3. The van der Waals surface area contributed by atoms with Crippen LogP contribution in [0.1, 0.15) is 37.0 Å². The Kier molecular flexibility index (Phi) is 4.69. The first-order valence-corrected chi connectivity index (χ1v) is 5.99. The fraction of sp³-hybridized carbons (Fsp3) is 0.667. The number of aryl methyl sites for hydroxylation is 2. The molecule has 17 heavy (non-hydrogen) atoms. The van der Waals surface area contributed by atoms with Crippen LogP contribution in [-0.2, 0) is 13.0 Å². The normalized spacial score (nSPS) is 12.5. The van der Waals surface area contributed by atoms with E-state index in [9.17, 15) is 4.79 Å². The van der Waals surface area contributed by atoms with Gasteiger partial charge in [0.25, 0.3) is 5.91 Å². The summed E-state index contributed by atoms with van der Waals surface area (Å²) >= 11 is 0. The zero-order valence-corrected chi connectivity index (χ0v) is 11.0. The van der Waals surface area contributed by atoms with Gasteiger partial charge in [-0.15, -0.1) is 0 Å². The lowest BCUT2D eigenvalue weighted by molar-refractivity contribution is 0.0670. The molecular weight excluding hydrogens is 218 g/mol. The SMILES string of the molecule is CCc1cc(C(=O)N(C)C(C)CO)n(CC)n1. The van der Waals surface area contributed by atoms with Crippen LogP contribution in [0.2, 0.25) is 0 Å². The van der Waals surface area contributed by atoms with Crippen molar-refractivity contribution in [3.8, 4) is 0 Å². The number of hydrogen-bond acceptors (Lipinski definition) is 3. The van der Waals surface area contributed by atoms with E-state index in [2.05, 4.69) is 5.10 Å². The molecule has 0 aliphatic rings. The first-order valence-electron chi connectivity index (χ1n) is 5.99. The first-order chi connectivity index (χ1) is 8.04. The van der Waals surface area contributed by atoms with Crippen molar-refractivity contribution < 1.29 is 9.90 Å². The number of hydrogen-bond donors (Lipinski definition) is 1. The average Bonchev–Trinajstić information content (AvgIpc) is 2.79. The molecule has 0 radical (unpaired) electrons. The topological polar surface area (TPSA) is 58.4 Å². The molecule has 5 nitrogen and oxygen atoms in total. The van der Waals surface area contributed by atoms with Crippen molar-refractivity contribution >= 4 is 5.91 Å². The lowest BCUT2D eigenvalue weighted by Gasteiger charge is -2.23. The van der Waals surface area contributed by atoms with Crippen molar-refractivity contribution in [2.24, 2.45) is 0 Å². The summed E-state index contributed by atoms with van der Waals surface area (Å²) < 4.78 is 1.71. The van der Waals surface area contributed by atoms with Crippen LogP contribution in [0.4, 0.5) is 0 Å². The molecule has 1 aromatic heterocycles. The second kappa shape index (κ2) is 5.82. The molecule has 0 aliphatic carbocycles. The van der Waals surface area contributed by atoms with Gasteiger partial charge in [0.1, 0.15) is 5.69 Å². The largest absolute Gasteiger partial charge is 0.394 e. The smallest absolute Gasteiger partial charge is 0.272 e. The highest BCUT2D eigenvalue weighted by atomic mass is 16.3. The lowest BCUT2D eigenvalue weighted by Crippen LogP contribution is -2.38. The van der Waals surface area contributed by atoms with Crippen LogP contribution in [-0.4, -0.2) is 45.4 Å². The molecule has 0 saturated heterocycles. The Hall–Kier alpha value is -1.36. The molecule has 96 valence electrons. The van der Waals surface area contributed by atoms with Gasteiger partial charge < -0.3 is 10.0 Å². The van der Waals surface area contributed by atoms with E-state index in [1.165, 1.54) is 0 Å². The van der Waals surface area contributed by atoms with Gasteiger partial charge in [-0.1, -0.05) is 6.92 Å². The maximum atomic E-state index is 12.2. The third-order valence-electron chi connectivity index (χ3n) is 2.96. The van der Waals surface area contributed by atoms with Crippen molar-refractivity contribution in [1.82, 2.24) is 14.7 Å². The summed E-state index contributed by atoms with van der Waals surface area (Å²) in [5.41, 5.74) is 1.51. The molecule has 1 aromatic rings. The van der Waals surface area contributed by atoms with Crippen LogP contribution in [0.15, 0.2) is 6.07 Å². The summed E-state index contributed by atoms with van der Waals surface area (Å²) in [6.45, 7) is 6.41. The van der Waals surface area contributed by atoms with Crippen LogP contribution >= 0.6 is 0 Å². The zero-order chi connectivity index (χ0) is 13.0. The molecule has 0 bridgehead atoms. The van der Waals surface area contributed by atoms with Crippen LogP contribution in [0.3, 0.4) is 0 Å². The van der Waals surface area contributed by atoms with Gasteiger partial charge >= 0.3 is 0 Å². The molecule has 0 saturated carbocycles. The molecule has 0 fully saturated rings. The summed E-state index contributed by atoms with van der Waals surface area (Å²) in [4.78, 5) is 13.8. The second-order valence-electron chi connectivity index (χ2n) is 4.14. The highest BCUT2D eigenvalue weighted by Gasteiger charge is 2.21. The maximum absolute atomic E-state index is 12.2. The molecule has 1 rings (SSSR count). The van der Waals surface area contributed by atoms with Crippen LogP contribution in [0, 0.1) is 0 Å². The van der Waals surface area contributed by atoms with E-state index in [-0.39, 0.29) is 18.6 Å². The molecule has 5 heteroatoms. The standard InChI is InChI=1S/C12H21N3O2/c1-5-10-7-11(15(6-2)13-10)12(17)14(4)9(3)8-16/h7,9,16H,5-6,8H2,1-4H3. The molecule has 1 atom stereocenters. The maximum Gasteiger partial charge on any atom is 0.272 e. The Balaban J connectivity index is 2.98. The summed E-state index contributed by atoms with van der Waals surface area (Å²) in [7, 11) is 1.70. The quantitative estimate of drug-likeness (QED) is 0.831. The van der Waals surface area contributed by atoms with Crippen LogP contribution in [0.5, 0.6) is 0 Å². The summed E-state index contributed by atoms with van der Waals surface area (Å²) in [5.74, 6) is -0.0967. The number of rotatable bonds is 5. The second-order valence-corrected chi connectivity index (χ2v) is 4.14. The highest BCUT2D eigenvalue weighted by Crippen LogP contribution is 2.10. The van der Waals surface area contributed by atoms with Gasteiger partial charge in [-0.2, -0.15) is 5.10 Å². The fourth-order valence-corrected chi connectivity index (χ4v) is 1.56. The van der Waals surface area contributed by atoms with Crippen molar-refractivity contribution in [3.05, 3.63) is 17.5 Å². The Morgan fingerprint density at radius 1 is 1.59 bits per heavy atom. The van der Waals surface area contributed by atoms with Gasteiger partial charge in [-0.05, 0) is 26.3 Å². The van der Waals surface area contributed by atoms with E-state index in [1.807, 2.05) is 26.8 Å². The van der Waals surface area contributed by atoms with Gasteiger partial charge in [0.05, 0.1) is 18.3 Å². The first kappa shape index (κ1) is 13.7. The van der Waals surface area contributed by atoms with Gasteiger partial charge in [0, 0.05) is 13.6 Å². The van der Waals surface area contributed by atoms with Crippen LogP contribution < -0.4 is 0 Å². The summed E-state index contributed by atoms with van der Waals surface area (Å²) in [6, 6.07) is 1.64.